The molecule has 1 N–H and O–H groups in total. The third-order valence-corrected chi connectivity index (χ3v) is 3.89. The molecule has 19 heavy (non-hydrogen) atoms. The Labute approximate surface area is 116 Å². The minimum Gasteiger partial charge on any atom is -0.346 e. The zero-order valence-electron chi connectivity index (χ0n) is 12.5. The zero-order valence-corrected chi connectivity index (χ0v) is 12.5. The van der Waals surface area contributed by atoms with Crippen molar-refractivity contribution < 1.29 is 0 Å². The highest BCUT2D eigenvalue weighted by molar-refractivity contribution is 5.85. The maximum atomic E-state index is 3.20. The molecule has 1 heterocycles. The summed E-state index contributed by atoms with van der Waals surface area (Å²) in [5, 5.41) is 4.58. The lowest BCUT2D eigenvalue weighted by atomic mass is 10.1. The number of aryl methyl sites for hydroxylation is 2. The van der Waals surface area contributed by atoms with E-state index in [9.17, 15) is 0 Å². The van der Waals surface area contributed by atoms with Gasteiger partial charge in [0.1, 0.15) is 0 Å². The van der Waals surface area contributed by atoms with E-state index in [0.29, 0.717) is 0 Å². The highest BCUT2D eigenvalue weighted by atomic mass is 15.1. The van der Waals surface area contributed by atoms with Crippen LogP contribution in [0.3, 0.4) is 0 Å². The van der Waals surface area contributed by atoms with Crippen molar-refractivity contribution in [3.05, 3.63) is 35.5 Å². The van der Waals surface area contributed by atoms with Gasteiger partial charge in [0.15, 0.2) is 0 Å². The number of nitrogens with one attached hydrogen (secondary N) is 1. The first-order valence-corrected chi connectivity index (χ1v) is 7.01. The molecule has 0 amide bonds. The van der Waals surface area contributed by atoms with Gasteiger partial charge in [0.25, 0.3) is 0 Å². The molecule has 104 valence electrons. The summed E-state index contributed by atoms with van der Waals surface area (Å²) in [4.78, 5) is 2.40. The fourth-order valence-electron chi connectivity index (χ4n) is 2.72. The molecule has 0 spiro atoms. The van der Waals surface area contributed by atoms with Gasteiger partial charge in [-0.15, -0.1) is 0 Å². The van der Waals surface area contributed by atoms with Gasteiger partial charge in [-0.3, -0.25) is 0 Å². The van der Waals surface area contributed by atoms with Gasteiger partial charge >= 0.3 is 0 Å². The van der Waals surface area contributed by atoms with Gasteiger partial charge in [-0.2, -0.15) is 0 Å². The Hall–Kier alpha value is -1.32. The van der Waals surface area contributed by atoms with Gasteiger partial charge in [-0.05, 0) is 52.2 Å². The molecule has 0 atom stereocenters. The molecule has 0 aliphatic carbocycles. The maximum Gasteiger partial charge on any atom is 0.0483 e. The zero-order chi connectivity index (χ0) is 13.8. The molecular formula is C16H25N3. The number of fused-ring (bicyclic) bond motifs is 1. The Bertz CT molecular complexity index is 503. The van der Waals surface area contributed by atoms with Crippen LogP contribution in [0.15, 0.2) is 24.3 Å². The van der Waals surface area contributed by atoms with Crippen LogP contribution in [0, 0.1) is 6.92 Å². The molecule has 0 bridgehead atoms. The normalized spacial score (nSPS) is 11.6. The van der Waals surface area contributed by atoms with Gasteiger partial charge in [0, 0.05) is 30.2 Å². The van der Waals surface area contributed by atoms with E-state index < -0.39 is 0 Å². The second-order valence-electron chi connectivity index (χ2n) is 5.34. The summed E-state index contributed by atoms with van der Waals surface area (Å²) in [6, 6.07) is 8.65. The summed E-state index contributed by atoms with van der Waals surface area (Å²) in [5.41, 5.74) is 4.17. The van der Waals surface area contributed by atoms with Gasteiger partial charge in [0.2, 0.25) is 0 Å². The van der Waals surface area contributed by atoms with Gasteiger partial charge < -0.3 is 14.8 Å². The van der Waals surface area contributed by atoms with Crippen molar-refractivity contribution in [3.8, 4) is 0 Å². The SMILES string of the molecule is CNCCCN(C)Cc1c(C)c2ccccc2n1C. The molecule has 1 aromatic heterocycles. The molecule has 0 radical (unpaired) electrons. The van der Waals surface area contributed by atoms with Crippen LogP contribution in [0.2, 0.25) is 0 Å². The van der Waals surface area contributed by atoms with Crippen molar-refractivity contribution >= 4 is 10.9 Å². The number of para-hydroxylation sites is 1. The van der Waals surface area contributed by atoms with Gasteiger partial charge in [-0.25, -0.2) is 0 Å². The highest BCUT2D eigenvalue weighted by Gasteiger charge is 2.12. The Kier molecular flexibility index (Phi) is 4.61. The van der Waals surface area contributed by atoms with E-state index in [1.54, 1.807) is 0 Å². The second kappa shape index (κ2) is 6.22. The molecule has 2 rings (SSSR count). The molecule has 3 nitrogen and oxygen atoms in total. The summed E-state index contributed by atoms with van der Waals surface area (Å²) < 4.78 is 2.33. The van der Waals surface area contributed by atoms with Crippen molar-refractivity contribution in [2.45, 2.75) is 19.9 Å². The number of hydrogen-bond acceptors (Lipinski definition) is 2. The summed E-state index contributed by atoms with van der Waals surface area (Å²) in [5.74, 6) is 0. The first kappa shape index (κ1) is 14.1. The molecule has 0 saturated carbocycles. The van der Waals surface area contributed by atoms with Crippen LogP contribution in [-0.2, 0) is 13.6 Å². The number of rotatable bonds is 6. The topological polar surface area (TPSA) is 20.2 Å². The largest absolute Gasteiger partial charge is 0.346 e. The van der Waals surface area contributed by atoms with Crippen molar-refractivity contribution in [2.24, 2.45) is 7.05 Å². The summed E-state index contributed by atoms with van der Waals surface area (Å²) >= 11 is 0. The smallest absolute Gasteiger partial charge is 0.0483 e. The minimum atomic E-state index is 1.01. The number of nitrogens with zero attached hydrogens (tertiary/aromatic N) is 2. The third kappa shape index (κ3) is 2.99. The molecule has 0 unspecified atom stereocenters. The molecular weight excluding hydrogens is 234 g/mol. The second-order valence-corrected chi connectivity index (χ2v) is 5.34. The molecule has 2 aromatic rings. The first-order chi connectivity index (χ1) is 9.15. The lowest BCUT2D eigenvalue weighted by Gasteiger charge is -2.18. The monoisotopic (exact) mass is 259 g/mol. The average Bonchev–Trinajstić information content (AvgIpc) is 2.65. The van der Waals surface area contributed by atoms with E-state index in [1.807, 2.05) is 7.05 Å². The number of hydrogen-bond donors (Lipinski definition) is 1. The fraction of sp³-hybridized carbons (Fsp3) is 0.500. The summed E-state index contributed by atoms with van der Waals surface area (Å²) in [6.45, 7) is 5.46. The van der Waals surface area contributed by atoms with Crippen LogP contribution in [0.5, 0.6) is 0 Å². The Morgan fingerprint density at radius 2 is 2.00 bits per heavy atom. The van der Waals surface area contributed by atoms with Crippen molar-refractivity contribution in [1.82, 2.24) is 14.8 Å². The molecule has 0 fully saturated rings. The third-order valence-electron chi connectivity index (χ3n) is 3.89. The molecule has 3 heteroatoms. The maximum absolute atomic E-state index is 3.20. The van der Waals surface area contributed by atoms with Crippen LogP contribution < -0.4 is 5.32 Å². The Morgan fingerprint density at radius 1 is 1.26 bits per heavy atom. The summed E-state index contributed by atoms with van der Waals surface area (Å²) in [7, 11) is 6.38. The number of benzene rings is 1. The van der Waals surface area contributed by atoms with Gasteiger partial charge in [0.05, 0.1) is 0 Å². The minimum absolute atomic E-state index is 1.01. The van der Waals surface area contributed by atoms with E-state index in [-0.39, 0.29) is 0 Å². The standard InChI is InChI=1S/C16H25N3/c1-13-14-8-5-6-9-15(14)19(4)16(13)12-18(3)11-7-10-17-2/h5-6,8-9,17H,7,10-12H2,1-4H3. The van der Waals surface area contributed by atoms with E-state index in [0.717, 1.165) is 19.6 Å². The van der Waals surface area contributed by atoms with E-state index in [2.05, 4.69) is 60.1 Å². The van der Waals surface area contributed by atoms with E-state index >= 15 is 0 Å². The van der Waals surface area contributed by atoms with Crippen LogP contribution in [-0.4, -0.2) is 36.7 Å². The van der Waals surface area contributed by atoms with Crippen LogP contribution in [0.1, 0.15) is 17.7 Å². The van der Waals surface area contributed by atoms with Crippen LogP contribution in [0.4, 0.5) is 0 Å². The quantitative estimate of drug-likeness (QED) is 0.805. The van der Waals surface area contributed by atoms with E-state index in [1.165, 1.54) is 28.6 Å². The van der Waals surface area contributed by atoms with Crippen molar-refractivity contribution in [1.29, 1.82) is 0 Å². The van der Waals surface area contributed by atoms with Crippen molar-refractivity contribution in [2.75, 3.05) is 27.2 Å². The molecule has 0 saturated heterocycles. The average molecular weight is 259 g/mol. The number of aromatic nitrogens is 1. The lowest BCUT2D eigenvalue weighted by Crippen LogP contribution is -2.23. The Balaban J connectivity index is 2.16. The molecule has 1 aromatic carbocycles. The lowest BCUT2D eigenvalue weighted by molar-refractivity contribution is 0.314. The highest BCUT2D eigenvalue weighted by Crippen LogP contribution is 2.25. The predicted octanol–water partition coefficient (Wildman–Crippen LogP) is 2.53. The summed E-state index contributed by atoms with van der Waals surface area (Å²) in [6.07, 6.45) is 1.19. The Morgan fingerprint density at radius 3 is 2.68 bits per heavy atom. The van der Waals surface area contributed by atoms with Gasteiger partial charge in [-0.1, -0.05) is 18.2 Å². The van der Waals surface area contributed by atoms with Crippen LogP contribution in [0.25, 0.3) is 10.9 Å². The van der Waals surface area contributed by atoms with Crippen molar-refractivity contribution in [3.63, 3.8) is 0 Å². The molecule has 0 aliphatic rings. The first-order valence-electron chi connectivity index (χ1n) is 7.01. The van der Waals surface area contributed by atoms with E-state index in [4.69, 9.17) is 0 Å². The predicted molar refractivity (Wildman–Crippen MR) is 82.5 cm³/mol. The molecule has 0 aliphatic heterocycles. The van der Waals surface area contributed by atoms with Crippen LogP contribution >= 0.6 is 0 Å². The fourth-order valence-corrected chi connectivity index (χ4v) is 2.72.